The minimum absolute atomic E-state index is 0.103. The van der Waals surface area contributed by atoms with E-state index in [1.54, 1.807) is 0 Å². The van der Waals surface area contributed by atoms with Gasteiger partial charge in [0.25, 0.3) is 0 Å². The fourth-order valence-corrected chi connectivity index (χ4v) is 9.70. The molecule has 1 spiro atoms. The normalized spacial score (nSPS) is 56.8. The first kappa shape index (κ1) is 18.0. The van der Waals surface area contributed by atoms with E-state index in [0.717, 1.165) is 48.9 Å². The second kappa shape index (κ2) is 6.22. The first-order chi connectivity index (χ1) is 14.1. The molecule has 4 heteroatoms. The molecule has 0 aromatic heterocycles. The van der Waals surface area contributed by atoms with E-state index in [0.29, 0.717) is 31.7 Å². The quantitative estimate of drug-likeness (QED) is 0.652. The summed E-state index contributed by atoms with van der Waals surface area (Å²) in [7, 11) is 0. The fourth-order valence-electron chi connectivity index (χ4n) is 9.70. The van der Waals surface area contributed by atoms with E-state index in [-0.39, 0.29) is 23.1 Å². The molecule has 8 aliphatic carbocycles. The molecule has 8 saturated carbocycles. The number of ether oxygens (including phenoxy) is 3. The monoisotopic (exact) mass is 400 g/mol. The maximum absolute atomic E-state index is 13.1. The molecule has 160 valence electrons. The molecule has 1 saturated heterocycles. The van der Waals surface area contributed by atoms with E-state index in [2.05, 4.69) is 0 Å². The van der Waals surface area contributed by atoms with Crippen LogP contribution in [0.2, 0.25) is 0 Å². The minimum Gasteiger partial charge on any atom is -0.465 e. The number of esters is 1. The van der Waals surface area contributed by atoms with Crippen LogP contribution in [0.1, 0.15) is 70.6 Å². The summed E-state index contributed by atoms with van der Waals surface area (Å²) >= 11 is 0. The zero-order valence-corrected chi connectivity index (χ0v) is 17.7. The Hall–Kier alpha value is -0.610. The van der Waals surface area contributed by atoms with Crippen molar-refractivity contribution in [1.29, 1.82) is 0 Å². The van der Waals surface area contributed by atoms with Crippen LogP contribution in [0.15, 0.2) is 0 Å². The molecule has 9 fully saturated rings. The highest BCUT2D eigenvalue weighted by Gasteiger charge is 2.60. The van der Waals surface area contributed by atoms with Gasteiger partial charge in [0.2, 0.25) is 0 Å². The summed E-state index contributed by atoms with van der Waals surface area (Å²) in [6.45, 7) is 1.89. The molecule has 0 aromatic rings. The maximum atomic E-state index is 13.1. The molecule has 9 rings (SSSR count). The SMILES string of the molecule is O=C(OCC1COC2(OC1)C1CC3CC(C1)CC2C3)C12CC3CC(CC(C3)C1)C2. The second-order valence-electron chi connectivity index (χ2n) is 12.3. The summed E-state index contributed by atoms with van der Waals surface area (Å²) < 4.78 is 19.0. The van der Waals surface area contributed by atoms with Crippen molar-refractivity contribution >= 4 is 5.97 Å². The summed E-state index contributed by atoms with van der Waals surface area (Å²) in [5.74, 6) is 5.42. The van der Waals surface area contributed by atoms with Gasteiger partial charge in [-0.3, -0.25) is 4.79 Å². The van der Waals surface area contributed by atoms with Gasteiger partial charge in [-0.05, 0) is 100 Å². The lowest BCUT2D eigenvalue weighted by Gasteiger charge is -2.61. The molecule has 0 radical (unpaired) electrons. The highest BCUT2D eigenvalue weighted by Crippen LogP contribution is 2.62. The molecule has 0 N–H and O–H groups in total. The predicted molar refractivity (Wildman–Crippen MR) is 107 cm³/mol. The van der Waals surface area contributed by atoms with E-state index in [4.69, 9.17) is 14.2 Å². The molecule has 29 heavy (non-hydrogen) atoms. The summed E-state index contributed by atoms with van der Waals surface area (Å²) in [5, 5.41) is 0. The van der Waals surface area contributed by atoms with E-state index in [1.807, 2.05) is 0 Å². The van der Waals surface area contributed by atoms with Gasteiger partial charge in [-0.15, -0.1) is 0 Å². The first-order valence-corrected chi connectivity index (χ1v) is 12.6. The Labute approximate surface area is 174 Å². The molecular weight excluding hydrogens is 364 g/mol. The van der Waals surface area contributed by atoms with Gasteiger partial charge >= 0.3 is 5.97 Å². The zero-order valence-electron chi connectivity index (χ0n) is 17.7. The van der Waals surface area contributed by atoms with Crippen LogP contribution in [-0.2, 0) is 19.0 Å². The number of carbonyl (C=O) groups excluding carboxylic acids is 1. The van der Waals surface area contributed by atoms with Gasteiger partial charge in [0.05, 0.1) is 25.2 Å². The summed E-state index contributed by atoms with van der Waals surface area (Å²) in [6, 6.07) is 0. The van der Waals surface area contributed by atoms with Crippen LogP contribution in [0.25, 0.3) is 0 Å². The van der Waals surface area contributed by atoms with Crippen molar-refractivity contribution < 1.29 is 19.0 Å². The predicted octanol–water partition coefficient (Wildman–Crippen LogP) is 4.56. The number of rotatable bonds is 3. The van der Waals surface area contributed by atoms with Crippen molar-refractivity contribution in [3.05, 3.63) is 0 Å². The van der Waals surface area contributed by atoms with Crippen molar-refractivity contribution in [1.82, 2.24) is 0 Å². The van der Waals surface area contributed by atoms with Crippen molar-refractivity contribution in [2.75, 3.05) is 19.8 Å². The van der Waals surface area contributed by atoms with Crippen molar-refractivity contribution in [3.63, 3.8) is 0 Å². The van der Waals surface area contributed by atoms with Crippen LogP contribution in [0.4, 0.5) is 0 Å². The van der Waals surface area contributed by atoms with Crippen LogP contribution < -0.4 is 0 Å². The van der Waals surface area contributed by atoms with Gasteiger partial charge < -0.3 is 14.2 Å². The van der Waals surface area contributed by atoms with Crippen molar-refractivity contribution in [2.45, 2.75) is 76.4 Å². The number of hydrogen-bond donors (Lipinski definition) is 0. The smallest absolute Gasteiger partial charge is 0.312 e. The topological polar surface area (TPSA) is 44.8 Å². The maximum Gasteiger partial charge on any atom is 0.312 e. The molecular formula is C25H36O4. The van der Waals surface area contributed by atoms with E-state index in [9.17, 15) is 4.79 Å². The third-order valence-corrected chi connectivity index (χ3v) is 10.3. The van der Waals surface area contributed by atoms with Crippen molar-refractivity contribution in [3.8, 4) is 0 Å². The Morgan fingerprint density at radius 3 is 1.72 bits per heavy atom. The summed E-state index contributed by atoms with van der Waals surface area (Å²) in [6.07, 6.45) is 14.0. The van der Waals surface area contributed by atoms with E-state index in [1.165, 1.54) is 51.4 Å². The molecule has 9 aliphatic rings. The van der Waals surface area contributed by atoms with Crippen LogP contribution in [0.3, 0.4) is 0 Å². The zero-order chi connectivity index (χ0) is 19.2. The van der Waals surface area contributed by atoms with Gasteiger partial charge in [0.15, 0.2) is 5.79 Å². The molecule has 1 heterocycles. The highest BCUT2D eigenvalue weighted by molar-refractivity contribution is 5.77. The van der Waals surface area contributed by atoms with Gasteiger partial charge in [-0.1, -0.05) is 0 Å². The lowest BCUT2D eigenvalue weighted by atomic mass is 9.49. The minimum atomic E-state index is -0.298. The average molecular weight is 401 g/mol. The molecule has 0 aromatic carbocycles. The molecule has 0 amide bonds. The highest BCUT2D eigenvalue weighted by atomic mass is 16.7. The summed E-state index contributed by atoms with van der Waals surface area (Å²) in [5.41, 5.74) is -0.145. The Morgan fingerprint density at radius 1 is 0.724 bits per heavy atom. The molecule has 8 bridgehead atoms. The van der Waals surface area contributed by atoms with Crippen molar-refractivity contribution in [2.24, 2.45) is 52.8 Å². The Morgan fingerprint density at radius 2 is 1.21 bits per heavy atom. The largest absolute Gasteiger partial charge is 0.465 e. The van der Waals surface area contributed by atoms with Crippen LogP contribution >= 0.6 is 0 Å². The Bertz CT molecular complexity index is 626. The van der Waals surface area contributed by atoms with E-state index >= 15 is 0 Å². The van der Waals surface area contributed by atoms with Gasteiger partial charge in [-0.2, -0.15) is 0 Å². The Balaban J connectivity index is 0.972. The second-order valence-corrected chi connectivity index (χ2v) is 12.3. The third kappa shape index (κ3) is 2.67. The molecule has 1 aliphatic heterocycles. The van der Waals surface area contributed by atoms with Crippen LogP contribution in [-0.4, -0.2) is 31.6 Å². The van der Waals surface area contributed by atoms with Gasteiger partial charge in [0.1, 0.15) is 0 Å². The lowest BCUT2D eigenvalue weighted by molar-refractivity contribution is -0.369. The van der Waals surface area contributed by atoms with Crippen LogP contribution in [0.5, 0.6) is 0 Å². The number of carbonyl (C=O) groups is 1. The molecule has 0 atom stereocenters. The van der Waals surface area contributed by atoms with Gasteiger partial charge in [-0.25, -0.2) is 0 Å². The molecule has 4 nitrogen and oxygen atoms in total. The molecule has 0 unspecified atom stereocenters. The Kier molecular flexibility index (Phi) is 3.86. The van der Waals surface area contributed by atoms with Crippen LogP contribution in [0, 0.1) is 52.8 Å². The number of hydrogen-bond acceptors (Lipinski definition) is 4. The van der Waals surface area contributed by atoms with Gasteiger partial charge in [0, 0.05) is 17.8 Å². The summed E-state index contributed by atoms with van der Waals surface area (Å²) in [4.78, 5) is 13.1. The first-order valence-electron chi connectivity index (χ1n) is 12.6. The fraction of sp³-hybridized carbons (Fsp3) is 0.960. The lowest BCUT2D eigenvalue weighted by Crippen LogP contribution is -2.63. The average Bonchev–Trinajstić information content (AvgIpc) is 2.69. The van der Waals surface area contributed by atoms with E-state index < -0.39 is 0 Å². The standard InChI is InChI=1S/C25H36O4/c26-23(24-9-17-2-18(10-24)4-19(3-17)11-24)27-12-20-13-28-25(29-14-20)21-5-15-1-16(7-21)8-22(25)6-15/h15-22H,1-14H2. The third-order valence-electron chi connectivity index (χ3n) is 10.3.